The summed E-state index contributed by atoms with van der Waals surface area (Å²) in [5.41, 5.74) is 2.38. The number of aliphatic hydroxyl groups is 1. The van der Waals surface area contributed by atoms with Crippen LogP contribution >= 0.6 is 0 Å². The molecule has 0 aromatic heterocycles. The summed E-state index contributed by atoms with van der Waals surface area (Å²) in [6, 6.07) is 14.4. The quantitative estimate of drug-likeness (QED) is 0.871. The number of nitrogens with zero attached hydrogens (tertiary/aromatic N) is 1. The summed E-state index contributed by atoms with van der Waals surface area (Å²) in [6.45, 7) is 4.61. The van der Waals surface area contributed by atoms with Gasteiger partial charge in [0.1, 0.15) is 5.82 Å². The fourth-order valence-electron chi connectivity index (χ4n) is 2.27. The number of para-hydroxylation sites is 1. The summed E-state index contributed by atoms with van der Waals surface area (Å²) < 4.78 is 13.9. The number of anilines is 2. The summed E-state index contributed by atoms with van der Waals surface area (Å²) in [6.07, 6.45) is 0.247. The minimum atomic E-state index is -0.437. The van der Waals surface area contributed by atoms with E-state index in [1.54, 1.807) is 12.1 Å². The molecule has 0 saturated heterocycles. The number of hydrogen-bond donors (Lipinski definition) is 1. The third-order valence-electron chi connectivity index (χ3n) is 3.44. The highest BCUT2D eigenvalue weighted by Gasteiger charge is 2.12. The molecular weight excluding hydrogens is 253 g/mol. The van der Waals surface area contributed by atoms with Gasteiger partial charge in [-0.15, -0.1) is 0 Å². The molecular formula is C17H20FNO. The SMILES string of the molecule is CC[C@@H](O)c1ccc(N(CC)c2ccccc2F)cc1. The van der Waals surface area contributed by atoms with Crippen LogP contribution in [0.15, 0.2) is 48.5 Å². The van der Waals surface area contributed by atoms with Crippen LogP contribution in [0.5, 0.6) is 0 Å². The molecule has 2 rings (SSSR count). The van der Waals surface area contributed by atoms with Gasteiger partial charge >= 0.3 is 0 Å². The molecule has 0 spiro atoms. The highest BCUT2D eigenvalue weighted by atomic mass is 19.1. The van der Waals surface area contributed by atoms with Gasteiger partial charge in [-0.1, -0.05) is 31.2 Å². The fraction of sp³-hybridized carbons (Fsp3) is 0.294. The van der Waals surface area contributed by atoms with Gasteiger partial charge in [-0.3, -0.25) is 0 Å². The van der Waals surface area contributed by atoms with E-state index in [2.05, 4.69) is 0 Å². The van der Waals surface area contributed by atoms with E-state index in [0.717, 1.165) is 11.3 Å². The Morgan fingerprint density at radius 2 is 1.70 bits per heavy atom. The van der Waals surface area contributed by atoms with Gasteiger partial charge in [0.05, 0.1) is 11.8 Å². The lowest BCUT2D eigenvalue weighted by atomic mass is 10.1. The second kappa shape index (κ2) is 6.53. The van der Waals surface area contributed by atoms with Gasteiger partial charge in [-0.25, -0.2) is 4.39 Å². The van der Waals surface area contributed by atoms with E-state index >= 15 is 0 Å². The minimum Gasteiger partial charge on any atom is -0.388 e. The van der Waals surface area contributed by atoms with E-state index in [0.29, 0.717) is 18.7 Å². The first-order valence-electron chi connectivity index (χ1n) is 6.97. The Morgan fingerprint density at radius 3 is 2.25 bits per heavy atom. The van der Waals surface area contributed by atoms with E-state index in [1.165, 1.54) is 6.07 Å². The van der Waals surface area contributed by atoms with Gasteiger partial charge in [0.25, 0.3) is 0 Å². The summed E-state index contributed by atoms with van der Waals surface area (Å²) >= 11 is 0. The third kappa shape index (κ3) is 2.99. The second-order valence-electron chi connectivity index (χ2n) is 4.71. The first-order valence-corrected chi connectivity index (χ1v) is 6.97. The maximum absolute atomic E-state index is 13.9. The van der Waals surface area contributed by atoms with Crippen LogP contribution in [0.4, 0.5) is 15.8 Å². The number of aliphatic hydroxyl groups excluding tert-OH is 1. The highest BCUT2D eigenvalue weighted by molar-refractivity contribution is 5.63. The molecule has 2 aromatic rings. The summed E-state index contributed by atoms with van der Waals surface area (Å²) in [5.74, 6) is -0.230. The Kier molecular flexibility index (Phi) is 4.74. The van der Waals surface area contributed by atoms with Gasteiger partial charge in [0.15, 0.2) is 0 Å². The molecule has 0 fully saturated rings. The summed E-state index contributed by atoms with van der Waals surface area (Å²) in [7, 11) is 0. The smallest absolute Gasteiger partial charge is 0.146 e. The van der Waals surface area contributed by atoms with Crippen molar-refractivity contribution in [2.45, 2.75) is 26.4 Å². The van der Waals surface area contributed by atoms with Crippen molar-refractivity contribution < 1.29 is 9.50 Å². The summed E-state index contributed by atoms with van der Waals surface area (Å²) in [4.78, 5) is 1.91. The third-order valence-corrected chi connectivity index (χ3v) is 3.44. The van der Waals surface area contributed by atoms with Crippen LogP contribution < -0.4 is 4.90 Å². The average Bonchev–Trinajstić information content (AvgIpc) is 2.50. The monoisotopic (exact) mass is 273 g/mol. The lowest BCUT2D eigenvalue weighted by Gasteiger charge is -2.24. The van der Waals surface area contributed by atoms with Crippen LogP contribution in [0.1, 0.15) is 31.9 Å². The zero-order valence-corrected chi connectivity index (χ0v) is 11.9. The zero-order chi connectivity index (χ0) is 14.5. The van der Waals surface area contributed by atoms with Crippen molar-refractivity contribution in [2.24, 2.45) is 0 Å². The molecule has 2 aromatic carbocycles. The van der Waals surface area contributed by atoms with E-state index in [-0.39, 0.29) is 5.82 Å². The molecule has 0 radical (unpaired) electrons. The van der Waals surface area contributed by atoms with Crippen molar-refractivity contribution in [2.75, 3.05) is 11.4 Å². The van der Waals surface area contributed by atoms with Gasteiger partial charge < -0.3 is 10.0 Å². The molecule has 0 saturated carbocycles. The van der Waals surface area contributed by atoms with Crippen LogP contribution in [0, 0.1) is 5.82 Å². The van der Waals surface area contributed by atoms with Gasteiger partial charge in [-0.2, -0.15) is 0 Å². The van der Waals surface area contributed by atoms with Gasteiger partial charge in [0, 0.05) is 12.2 Å². The van der Waals surface area contributed by atoms with E-state index in [1.807, 2.05) is 49.1 Å². The molecule has 1 N–H and O–H groups in total. The minimum absolute atomic E-state index is 0.230. The number of benzene rings is 2. The van der Waals surface area contributed by atoms with Crippen molar-refractivity contribution in [1.82, 2.24) is 0 Å². The Hall–Kier alpha value is -1.87. The van der Waals surface area contributed by atoms with E-state index < -0.39 is 6.10 Å². The zero-order valence-electron chi connectivity index (χ0n) is 11.9. The van der Waals surface area contributed by atoms with Crippen molar-refractivity contribution in [3.05, 3.63) is 59.9 Å². The number of halogens is 1. The largest absolute Gasteiger partial charge is 0.388 e. The summed E-state index contributed by atoms with van der Waals surface area (Å²) in [5, 5.41) is 9.80. The Morgan fingerprint density at radius 1 is 1.05 bits per heavy atom. The lowest BCUT2D eigenvalue weighted by molar-refractivity contribution is 0.173. The standard InChI is InChI=1S/C17H20FNO/c1-3-17(20)13-9-11-14(12-10-13)19(4-2)16-8-6-5-7-15(16)18/h5-12,17,20H,3-4H2,1-2H3/t17-/m1/s1. The maximum atomic E-state index is 13.9. The molecule has 0 bridgehead atoms. The predicted octanol–water partition coefficient (Wildman–Crippen LogP) is 4.43. The Bertz CT molecular complexity index is 553. The average molecular weight is 273 g/mol. The molecule has 0 aliphatic heterocycles. The molecule has 0 amide bonds. The molecule has 0 aliphatic carbocycles. The normalized spacial score (nSPS) is 12.2. The topological polar surface area (TPSA) is 23.5 Å². The molecule has 0 heterocycles. The van der Waals surface area contributed by atoms with Crippen LogP contribution in [0.2, 0.25) is 0 Å². The number of hydrogen-bond acceptors (Lipinski definition) is 2. The molecule has 1 atom stereocenters. The van der Waals surface area contributed by atoms with Crippen LogP contribution in [-0.4, -0.2) is 11.7 Å². The van der Waals surface area contributed by atoms with E-state index in [9.17, 15) is 9.50 Å². The molecule has 20 heavy (non-hydrogen) atoms. The highest BCUT2D eigenvalue weighted by Crippen LogP contribution is 2.28. The van der Waals surface area contributed by atoms with Crippen LogP contribution in [0.25, 0.3) is 0 Å². The maximum Gasteiger partial charge on any atom is 0.146 e. The molecule has 2 nitrogen and oxygen atoms in total. The first-order chi connectivity index (χ1) is 9.67. The molecule has 3 heteroatoms. The second-order valence-corrected chi connectivity index (χ2v) is 4.71. The van der Waals surface area contributed by atoms with Crippen molar-refractivity contribution in [3.8, 4) is 0 Å². The molecule has 106 valence electrons. The molecule has 0 unspecified atom stereocenters. The van der Waals surface area contributed by atoms with Crippen molar-refractivity contribution >= 4 is 11.4 Å². The van der Waals surface area contributed by atoms with E-state index in [4.69, 9.17) is 0 Å². The molecule has 0 aliphatic rings. The lowest BCUT2D eigenvalue weighted by Crippen LogP contribution is -2.17. The van der Waals surface area contributed by atoms with Crippen molar-refractivity contribution in [3.63, 3.8) is 0 Å². The van der Waals surface area contributed by atoms with Crippen LogP contribution in [0.3, 0.4) is 0 Å². The number of rotatable bonds is 5. The fourth-order valence-corrected chi connectivity index (χ4v) is 2.27. The van der Waals surface area contributed by atoms with Gasteiger partial charge in [0.2, 0.25) is 0 Å². The first kappa shape index (κ1) is 14.5. The Balaban J connectivity index is 2.31. The van der Waals surface area contributed by atoms with Gasteiger partial charge in [-0.05, 0) is 43.2 Å². The predicted molar refractivity (Wildman–Crippen MR) is 80.8 cm³/mol. The van der Waals surface area contributed by atoms with Crippen LogP contribution in [-0.2, 0) is 0 Å². The van der Waals surface area contributed by atoms with Crippen molar-refractivity contribution in [1.29, 1.82) is 0 Å². The Labute approximate surface area is 119 Å².